The predicted octanol–water partition coefficient (Wildman–Crippen LogP) is 4.56. The molecule has 7 nitrogen and oxygen atoms in total. The van der Waals surface area contributed by atoms with Crippen molar-refractivity contribution in [1.29, 1.82) is 0 Å². The van der Waals surface area contributed by atoms with Crippen molar-refractivity contribution in [3.63, 3.8) is 0 Å². The number of aliphatic carboxylic acids is 1. The molecule has 4 rings (SSSR count). The molecule has 2 aromatic carbocycles. The Labute approximate surface area is 206 Å². The Balaban J connectivity index is 1.16. The molecule has 3 N–H and O–H groups in total. The van der Waals surface area contributed by atoms with Crippen molar-refractivity contribution in [2.75, 3.05) is 19.7 Å². The molecule has 0 saturated heterocycles. The zero-order chi connectivity index (χ0) is 24.8. The number of carboxylic acids is 1. The molecule has 2 aromatic rings. The van der Waals surface area contributed by atoms with E-state index in [0.717, 1.165) is 19.3 Å². The molecule has 35 heavy (non-hydrogen) atoms. The number of carboxylic acid groups (broad SMARTS) is 1. The van der Waals surface area contributed by atoms with E-state index in [2.05, 4.69) is 34.9 Å². The van der Waals surface area contributed by atoms with Crippen molar-refractivity contribution in [3.8, 4) is 11.1 Å². The van der Waals surface area contributed by atoms with Crippen LogP contribution in [0.25, 0.3) is 11.1 Å². The smallest absolute Gasteiger partial charge is 0.407 e. The standard InChI is InChI=1S/C28H34N2O5/c1-18(15-26(31)30-16-24(27(32)33)19-7-6-8-19)13-14-29-28(34)35-17-25-22-11-4-2-9-20(22)21-10-3-5-12-23(21)25/h2-5,9-12,18-19,24-25H,6-8,13-17H2,1H3,(H,29,34)(H,30,31)(H,32,33). The van der Waals surface area contributed by atoms with E-state index in [-0.39, 0.29) is 36.8 Å². The Morgan fingerprint density at radius 1 is 1.00 bits per heavy atom. The molecular formula is C28H34N2O5. The third-order valence-corrected chi connectivity index (χ3v) is 7.34. The van der Waals surface area contributed by atoms with Crippen LogP contribution in [-0.4, -0.2) is 42.8 Å². The first-order valence-corrected chi connectivity index (χ1v) is 12.5. The van der Waals surface area contributed by atoms with Gasteiger partial charge in [-0.05, 0) is 53.4 Å². The van der Waals surface area contributed by atoms with E-state index >= 15 is 0 Å². The van der Waals surface area contributed by atoms with Crippen molar-refractivity contribution in [2.45, 2.75) is 44.9 Å². The Morgan fingerprint density at radius 2 is 1.63 bits per heavy atom. The predicted molar refractivity (Wildman–Crippen MR) is 133 cm³/mol. The van der Waals surface area contributed by atoms with E-state index in [1.807, 2.05) is 31.2 Å². The third kappa shape index (κ3) is 6.02. The second kappa shape index (κ2) is 11.4. The lowest BCUT2D eigenvalue weighted by Crippen LogP contribution is -2.39. The van der Waals surface area contributed by atoms with Gasteiger partial charge in [-0.25, -0.2) is 4.79 Å². The molecule has 2 aliphatic rings. The van der Waals surface area contributed by atoms with Crippen LogP contribution in [0.4, 0.5) is 4.79 Å². The number of hydrogen-bond acceptors (Lipinski definition) is 4. The van der Waals surface area contributed by atoms with Crippen molar-refractivity contribution >= 4 is 18.0 Å². The highest BCUT2D eigenvalue weighted by molar-refractivity contribution is 5.79. The molecule has 0 bridgehead atoms. The normalized spacial score (nSPS) is 16.4. The number of fused-ring (bicyclic) bond motifs is 3. The van der Waals surface area contributed by atoms with Crippen LogP contribution < -0.4 is 10.6 Å². The van der Waals surface area contributed by atoms with E-state index in [0.29, 0.717) is 19.4 Å². The molecule has 186 valence electrons. The number of carbonyl (C=O) groups excluding carboxylic acids is 2. The van der Waals surface area contributed by atoms with Gasteiger partial charge in [0.1, 0.15) is 6.61 Å². The summed E-state index contributed by atoms with van der Waals surface area (Å²) in [5.41, 5.74) is 4.71. The molecule has 2 aliphatic carbocycles. The summed E-state index contributed by atoms with van der Waals surface area (Å²) in [6.07, 6.45) is 3.37. The molecule has 1 fully saturated rings. The van der Waals surface area contributed by atoms with Crippen molar-refractivity contribution < 1.29 is 24.2 Å². The third-order valence-electron chi connectivity index (χ3n) is 7.34. The lowest BCUT2D eigenvalue weighted by atomic mass is 9.76. The van der Waals surface area contributed by atoms with Gasteiger partial charge < -0.3 is 20.5 Å². The summed E-state index contributed by atoms with van der Waals surface area (Å²) < 4.78 is 5.54. The van der Waals surface area contributed by atoms with Crippen LogP contribution in [-0.2, 0) is 14.3 Å². The van der Waals surface area contributed by atoms with Gasteiger partial charge in [-0.3, -0.25) is 9.59 Å². The molecule has 0 spiro atoms. The molecule has 0 aromatic heterocycles. The minimum absolute atomic E-state index is 0.0188. The summed E-state index contributed by atoms with van der Waals surface area (Å²) in [6, 6.07) is 16.4. The lowest BCUT2D eigenvalue weighted by Gasteiger charge is -2.31. The van der Waals surface area contributed by atoms with Gasteiger partial charge >= 0.3 is 12.1 Å². The number of benzene rings is 2. The fourth-order valence-electron chi connectivity index (χ4n) is 5.08. The Kier molecular flexibility index (Phi) is 8.06. The van der Waals surface area contributed by atoms with E-state index in [1.165, 1.54) is 22.3 Å². The van der Waals surface area contributed by atoms with Crippen LogP contribution in [0.1, 0.15) is 56.1 Å². The number of carbonyl (C=O) groups is 3. The van der Waals surface area contributed by atoms with Gasteiger partial charge in [0.05, 0.1) is 5.92 Å². The quantitative estimate of drug-likeness (QED) is 0.439. The molecule has 7 heteroatoms. The first kappa shape index (κ1) is 24.8. The first-order valence-electron chi connectivity index (χ1n) is 12.5. The Bertz CT molecular complexity index is 1020. The van der Waals surface area contributed by atoms with E-state index in [4.69, 9.17) is 4.74 Å². The SMILES string of the molecule is CC(CCNC(=O)OCC1c2ccccc2-c2ccccc21)CC(=O)NCC(C(=O)O)C1CCC1. The highest BCUT2D eigenvalue weighted by Crippen LogP contribution is 2.44. The Hall–Kier alpha value is -3.35. The van der Waals surface area contributed by atoms with E-state index < -0.39 is 18.0 Å². The van der Waals surface area contributed by atoms with E-state index in [9.17, 15) is 19.5 Å². The monoisotopic (exact) mass is 478 g/mol. The minimum atomic E-state index is -0.838. The highest BCUT2D eigenvalue weighted by Gasteiger charge is 2.33. The number of amides is 2. The topological polar surface area (TPSA) is 105 Å². The van der Waals surface area contributed by atoms with Crippen LogP contribution in [0.5, 0.6) is 0 Å². The Morgan fingerprint density at radius 3 is 2.20 bits per heavy atom. The number of rotatable bonds is 11. The summed E-state index contributed by atoms with van der Waals surface area (Å²) in [7, 11) is 0. The van der Waals surface area contributed by atoms with Crippen LogP contribution in [0, 0.1) is 17.8 Å². The summed E-state index contributed by atoms with van der Waals surface area (Å²) in [5, 5.41) is 14.9. The molecule has 0 radical (unpaired) electrons. The van der Waals surface area contributed by atoms with Gasteiger partial charge in [0, 0.05) is 25.4 Å². The molecule has 2 unspecified atom stereocenters. The zero-order valence-corrected chi connectivity index (χ0v) is 20.2. The number of alkyl carbamates (subject to hydrolysis) is 1. The maximum Gasteiger partial charge on any atom is 0.407 e. The van der Waals surface area contributed by atoms with Gasteiger partial charge in [-0.1, -0.05) is 61.9 Å². The highest BCUT2D eigenvalue weighted by atomic mass is 16.5. The van der Waals surface area contributed by atoms with E-state index in [1.54, 1.807) is 0 Å². The van der Waals surface area contributed by atoms with Crippen LogP contribution >= 0.6 is 0 Å². The number of hydrogen-bond donors (Lipinski definition) is 3. The van der Waals surface area contributed by atoms with Crippen molar-refractivity contribution in [3.05, 3.63) is 59.7 Å². The minimum Gasteiger partial charge on any atom is -0.481 e. The molecule has 2 atom stereocenters. The van der Waals surface area contributed by atoms with Gasteiger partial charge in [-0.15, -0.1) is 0 Å². The summed E-state index contributed by atoms with van der Waals surface area (Å²) >= 11 is 0. The second-order valence-corrected chi connectivity index (χ2v) is 9.79. The second-order valence-electron chi connectivity index (χ2n) is 9.79. The van der Waals surface area contributed by atoms with Crippen LogP contribution in [0.3, 0.4) is 0 Å². The van der Waals surface area contributed by atoms with Gasteiger partial charge in [0.25, 0.3) is 0 Å². The number of nitrogens with one attached hydrogen (secondary N) is 2. The zero-order valence-electron chi connectivity index (χ0n) is 20.2. The van der Waals surface area contributed by atoms with Crippen LogP contribution in [0.2, 0.25) is 0 Å². The fraction of sp³-hybridized carbons (Fsp3) is 0.464. The summed E-state index contributed by atoms with van der Waals surface area (Å²) in [5.74, 6) is -1.24. The molecule has 1 saturated carbocycles. The fourth-order valence-corrected chi connectivity index (χ4v) is 5.08. The average molecular weight is 479 g/mol. The molecule has 0 heterocycles. The average Bonchev–Trinajstić information content (AvgIpc) is 3.12. The van der Waals surface area contributed by atoms with Crippen molar-refractivity contribution in [1.82, 2.24) is 10.6 Å². The first-order chi connectivity index (χ1) is 16.9. The summed E-state index contributed by atoms with van der Waals surface area (Å²) in [6.45, 7) is 2.80. The van der Waals surface area contributed by atoms with Crippen LogP contribution in [0.15, 0.2) is 48.5 Å². The van der Waals surface area contributed by atoms with Gasteiger partial charge in [-0.2, -0.15) is 0 Å². The maximum absolute atomic E-state index is 12.3. The largest absolute Gasteiger partial charge is 0.481 e. The van der Waals surface area contributed by atoms with Gasteiger partial charge in [0.2, 0.25) is 5.91 Å². The molecular weight excluding hydrogens is 444 g/mol. The number of ether oxygens (including phenoxy) is 1. The maximum atomic E-state index is 12.3. The van der Waals surface area contributed by atoms with Gasteiger partial charge in [0.15, 0.2) is 0 Å². The summed E-state index contributed by atoms with van der Waals surface area (Å²) in [4.78, 5) is 36.0. The van der Waals surface area contributed by atoms with Crippen molar-refractivity contribution in [2.24, 2.45) is 17.8 Å². The lowest BCUT2D eigenvalue weighted by molar-refractivity contribution is -0.144. The molecule has 0 aliphatic heterocycles. The molecule has 2 amide bonds.